The van der Waals surface area contributed by atoms with Gasteiger partial charge in [-0.25, -0.2) is 0 Å². The van der Waals surface area contributed by atoms with Crippen molar-refractivity contribution >= 4 is 17.2 Å². The highest BCUT2D eigenvalue weighted by molar-refractivity contribution is 6.00. The fourth-order valence-electron chi connectivity index (χ4n) is 2.68. The summed E-state index contributed by atoms with van der Waals surface area (Å²) in [4.78, 5) is 13.9. The lowest BCUT2D eigenvalue weighted by Crippen LogP contribution is -2.41. The van der Waals surface area contributed by atoms with Crippen molar-refractivity contribution < 1.29 is 4.79 Å². The Kier molecular flexibility index (Phi) is 3.60. The number of nitrogen functional groups attached to an aromatic ring is 1. The highest BCUT2D eigenvalue weighted by Crippen LogP contribution is 2.29. The number of benzene rings is 1. The number of hydrogen-bond acceptors (Lipinski definition) is 3. The monoisotopic (exact) mass is 246 g/mol. The molecule has 3 nitrogen and oxygen atoms in total. The van der Waals surface area contributed by atoms with Gasteiger partial charge in [0.2, 0.25) is 0 Å². The minimum absolute atomic E-state index is 0.0343. The number of ketones is 1. The molecule has 0 saturated carbocycles. The van der Waals surface area contributed by atoms with Crippen LogP contribution in [0, 0.1) is 5.92 Å². The van der Waals surface area contributed by atoms with Gasteiger partial charge in [-0.2, -0.15) is 0 Å². The lowest BCUT2D eigenvalue weighted by Gasteiger charge is -2.38. The molecule has 0 spiro atoms. The third-order valence-electron chi connectivity index (χ3n) is 3.87. The number of carbonyl (C=O) groups is 1. The zero-order valence-electron chi connectivity index (χ0n) is 11.4. The molecule has 2 atom stereocenters. The molecule has 0 aromatic heterocycles. The van der Waals surface area contributed by atoms with Gasteiger partial charge in [0.1, 0.15) is 0 Å². The van der Waals surface area contributed by atoms with E-state index in [-0.39, 0.29) is 5.78 Å². The Morgan fingerprint density at radius 1 is 1.33 bits per heavy atom. The lowest BCUT2D eigenvalue weighted by atomic mass is 9.94. The SMILES string of the molecule is CC(=O)c1cc(N2CC(C)CCC2C)ccc1N. The van der Waals surface area contributed by atoms with Crippen molar-refractivity contribution in [1.82, 2.24) is 0 Å². The zero-order valence-corrected chi connectivity index (χ0v) is 11.4. The summed E-state index contributed by atoms with van der Waals surface area (Å²) in [6, 6.07) is 6.34. The Balaban J connectivity index is 2.32. The van der Waals surface area contributed by atoms with Crippen molar-refractivity contribution in [2.45, 2.75) is 39.7 Å². The molecule has 1 aliphatic heterocycles. The Labute approximate surface area is 109 Å². The molecule has 0 radical (unpaired) electrons. The first-order chi connectivity index (χ1) is 8.49. The van der Waals surface area contributed by atoms with E-state index in [1.807, 2.05) is 18.2 Å². The van der Waals surface area contributed by atoms with Crippen LogP contribution in [-0.4, -0.2) is 18.4 Å². The Morgan fingerprint density at radius 2 is 2.06 bits per heavy atom. The number of hydrogen-bond donors (Lipinski definition) is 1. The first-order valence-electron chi connectivity index (χ1n) is 6.66. The number of rotatable bonds is 2. The summed E-state index contributed by atoms with van der Waals surface area (Å²) in [5.41, 5.74) is 8.17. The van der Waals surface area contributed by atoms with E-state index in [1.165, 1.54) is 12.8 Å². The molecule has 98 valence electrons. The maximum atomic E-state index is 11.5. The molecule has 2 unspecified atom stereocenters. The first-order valence-corrected chi connectivity index (χ1v) is 6.66. The average Bonchev–Trinajstić information content (AvgIpc) is 2.33. The van der Waals surface area contributed by atoms with Gasteiger partial charge in [0.15, 0.2) is 5.78 Å². The topological polar surface area (TPSA) is 46.3 Å². The van der Waals surface area contributed by atoms with Crippen LogP contribution in [0.1, 0.15) is 44.0 Å². The molecule has 1 aromatic rings. The van der Waals surface area contributed by atoms with Gasteiger partial charge in [0.25, 0.3) is 0 Å². The van der Waals surface area contributed by atoms with E-state index in [1.54, 1.807) is 6.92 Å². The van der Waals surface area contributed by atoms with E-state index in [4.69, 9.17) is 5.73 Å². The van der Waals surface area contributed by atoms with E-state index in [2.05, 4.69) is 18.7 Å². The van der Waals surface area contributed by atoms with Crippen LogP contribution in [0.25, 0.3) is 0 Å². The summed E-state index contributed by atoms with van der Waals surface area (Å²) in [7, 11) is 0. The molecule has 18 heavy (non-hydrogen) atoms. The standard InChI is InChI=1S/C15H22N2O/c1-10-4-5-11(2)17(9-10)13-6-7-15(16)14(8-13)12(3)18/h6-8,10-11H,4-5,9,16H2,1-3H3. The predicted octanol–water partition coefficient (Wildman–Crippen LogP) is 3.10. The molecule has 0 aliphatic carbocycles. The molecule has 1 fully saturated rings. The minimum atomic E-state index is 0.0343. The number of Topliss-reactive ketones (excluding diaryl/α,β-unsaturated/α-hetero) is 1. The van der Waals surface area contributed by atoms with E-state index >= 15 is 0 Å². The molecule has 1 aliphatic rings. The van der Waals surface area contributed by atoms with Gasteiger partial charge >= 0.3 is 0 Å². The fourth-order valence-corrected chi connectivity index (χ4v) is 2.68. The summed E-state index contributed by atoms with van der Waals surface area (Å²) in [6.45, 7) is 7.15. The summed E-state index contributed by atoms with van der Waals surface area (Å²) in [5, 5.41) is 0. The number of carbonyl (C=O) groups excluding carboxylic acids is 1. The van der Waals surface area contributed by atoms with Crippen LogP contribution in [-0.2, 0) is 0 Å². The number of nitrogens with zero attached hydrogens (tertiary/aromatic N) is 1. The average molecular weight is 246 g/mol. The van der Waals surface area contributed by atoms with E-state index in [0.29, 0.717) is 23.2 Å². The van der Waals surface area contributed by atoms with Crippen molar-refractivity contribution in [3.05, 3.63) is 23.8 Å². The molecule has 0 amide bonds. The molecule has 1 saturated heterocycles. The number of anilines is 2. The van der Waals surface area contributed by atoms with Crippen molar-refractivity contribution in [2.24, 2.45) is 5.92 Å². The van der Waals surface area contributed by atoms with Crippen molar-refractivity contribution in [3.8, 4) is 0 Å². The van der Waals surface area contributed by atoms with Crippen LogP contribution in [0.3, 0.4) is 0 Å². The van der Waals surface area contributed by atoms with Crippen LogP contribution in [0.15, 0.2) is 18.2 Å². The quantitative estimate of drug-likeness (QED) is 0.644. The molecule has 1 aromatic carbocycles. The van der Waals surface area contributed by atoms with Gasteiger partial charge < -0.3 is 10.6 Å². The van der Waals surface area contributed by atoms with E-state index < -0.39 is 0 Å². The van der Waals surface area contributed by atoms with Crippen LogP contribution in [0.5, 0.6) is 0 Å². The third kappa shape index (κ3) is 2.50. The first kappa shape index (κ1) is 12.9. The van der Waals surface area contributed by atoms with Crippen LogP contribution < -0.4 is 10.6 Å². The normalized spacial score (nSPS) is 24.1. The van der Waals surface area contributed by atoms with Crippen LogP contribution in [0.2, 0.25) is 0 Å². The number of piperidine rings is 1. The Morgan fingerprint density at radius 3 is 2.72 bits per heavy atom. The smallest absolute Gasteiger partial charge is 0.161 e. The van der Waals surface area contributed by atoms with Crippen molar-refractivity contribution in [2.75, 3.05) is 17.2 Å². The van der Waals surface area contributed by atoms with Gasteiger partial charge in [0.05, 0.1) is 0 Å². The maximum Gasteiger partial charge on any atom is 0.161 e. The predicted molar refractivity (Wildman–Crippen MR) is 76.1 cm³/mol. The van der Waals surface area contributed by atoms with Gasteiger partial charge in [0, 0.05) is 29.5 Å². The highest BCUT2D eigenvalue weighted by Gasteiger charge is 2.23. The minimum Gasteiger partial charge on any atom is -0.398 e. The molecule has 0 bridgehead atoms. The largest absolute Gasteiger partial charge is 0.398 e. The highest BCUT2D eigenvalue weighted by atomic mass is 16.1. The summed E-state index contributed by atoms with van der Waals surface area (Å²) < 4.78 is 0. The molecule has 1 heterocycles. The second-order valence-corrected chi connectivity index (χ2v) is 5.51. The van der Waals surface area contributed by atoms with Gasteiger partial charge in [-0.1, -0.05) is 6.92 Å². The lowest BCUT2D eigenvalue weighted by molar-refractivity contribution is 0.101. The van der Waals surface area contributed by atoms with E-state index in [0.717, 1.165) is 12.2 Å². The second-order valence-electron chi connectivity index (χ2n) is 5.51. The third-order valence-corrected chi connectivity index (χ3v) is 3.87. The second kappa shape index (κ2) is 5.01. The summed E-state index contributed by atoms with van der Waals surface area (Å²) in [6.07, 6.45) is 2.49. The van der Waals surface area contributed by atoms with Gasteiger partial charge in [-0.15, -0.1) is 0 Å². The van der Waals surface area contributed by atoms with Gasteiger partial charge in [-0.3, -0.25) is 4.79 Å². The molecule has 3 heteroatoms. The Bertz CT molecular complexity index is 456. The summed E-state index contributed by atoms with van der Waals surface area (Å²) >= 11 is 0. The molecule has 2 rings (SSSR count). The Hall–Kier alpha value is -1.51. The van der Waals surface area contributed by atoms with Crippen LogP contribution in [0.4, 0.5) is 11.4 Å². The molecule has 2 N–H and O–H groups in total. The molecular formula is C15H22N2O. The van der Waals surface area contributed by atoms with E-state index in [9.17, 15) is 4.79 Å². The zero-order chi connectivity index (χ0) is 13.3. The van der Waals surface area contributed by atoms with Gasteiger partial charge in [-0.05, 0) is 50.8 Å². The van der Waals surface area contributed by atoms with Crippen LogP contribution >= 0.6 is 0 Å². The maximum absolute atomic E-state index is 11.5. The fraction of sp³-hybridized carbons (Fsp3) is 0.533. The van der Waals surface area contributed by atoms with Crippen molar-refractivity contribution in [3.63, 3.8) is 0 Å². The summed E-state index contributed by atoms with van der Waals surface area (Å²) in [5.74, 6) is 0.742. The molecular weight excluding hydrogens is 224 g/mol. The number of nitrogens with two attached hydrogens (primary N) is 1. The van der Waals surface area contributed by atoms with Crippen molar-refractivity contribution in [1.29, 1.82) is 0 Å².